The van der Waals surface area contributed by atoms with Gasteiger partial charge in [-0.25, -0.2) is 0 Å². The maximum atomic E-state index is 11.1. The van der Waals surface area contributed by atoms with Crippen LogP contribution in [-0.2, 0) is 4.79 Å². The van der Waals surface area contributed by atoms with E-state index >= 15 is 0 Å². The lowest BCUT2D eigenvalue weighted by Crippen LogP contribution is -2.24. The predicted molar refractivity (Wildman–Crippen MR) is 81.2 cm³/mol. The van der Waals surface area contributed by atoms with E-state index in [9.17, 15) is 4.79 Å². The molecule has 0 saturated heterocycles. The number of aliphatic hydroxyl groups is 1. The lowest BCUT2D eigenvalue weighted by molar-refractivity contribution is -0.121. The highest BCUT2D eigenvalue weighted by Gasteiger charge is 1.98. The van der Waals surface area contributed by atoms with E-state index in [1.807, 2.05) is 0 Å². The van der Waals surface area contributed by atoms with Crippen molar-refractivity contribution in [1.82, 2.24) is 5.32 Å². The fourth-order valence-corrected chi connectivity index (χ4v) is 2.21. The van der Waals surface area contributed by atoms with Crippen molar-refractivity contribution in [2.45, 2.75) is 84.0 Å². The molecule has 0 aliphatic heterocycles. The van der Waals surface area contributed by atoms with Crippen molar-refractivity contribution in [2.24, 2.45) is 0 Å². The van der Waals surface area contributed by atoms with Gasteiger partial charge in [-0.3, -0.25) is 4.79 Å². The Hall–Kier alpha value is -0.570. The average molecular weight is 271 g/mol. The third kappa shape index (κ3) is 15.4. The summed E-state index contributed by atoms with van der Waals surface area (Å²) in [5, 5.41) is 11.4. The highest BCUT2D eigenvalue weighted by Crippen LogP contribution is 2.10. The number of nitrogens with one attached hydrogen (secondary N) is 1. The fourth-order valence-electron chi connectivity index (χ4n) is 2.21. The van der Waals surface area contributed by atoms with Crippen LogP contribution in [0.2, 0.25) is 0 Å². The van der Waals surface area contributed by atoms with Gasteiger partial charge in [0.25, 0.3) is 0 Å². The number of carbonyl (C=O) groups excluding carboxylic acids is 1. The average Bonchev–Trinajstić information content (AvgIpc) is 2.40. The summed E-state index contributed by atoms with van der Waals surface area (Å²) in [5.74, 6) is -0.0328. The zero-order valence-electron chi connectivity index (χ0n) is 12.8. The largest absolute Gasteiger partial charge is 0.396 e. The molecule has 0 saturated carbocycles. The lowest BCUT2D eigenvalue weighted by Gasteiger charge is -2.04. The van der Waals surface area contributed by atoms with E-state index < -0.39 is 0 Å². The van der Waals surface area contributed by atoms with Crippen LogP contribution in [0, 0.1) is 0 Å². The summed E-state index contributed by atoms with van der Waals surface area (Å²) in [6, 6.07) is 0. The first-order valence-corrected chi connectivity index (χ1v) is 8.18. The summed E-state index contributed by atoms with van der Waals surface area (Å²) >= 11 is 0. The molecule has 0 aliphatic carbocycles. The minimum absolute atomic E-state index is 0.0328. The third-order valence-corrected chi connectivity index (χ3v) is 3.44. The van der Waals surface area contributed by atoms with E-state index in [1.165, 1.54) is 64.2 Å². The van der Waals surface area contributed by atoms with E-state index in [2.05, 4.69) is 12.2 Å². The molecule has 0 aromatic heterocycles. The molecule has 0 aromatic carbocycles. The maximum absolute atomic E-state index is 11.1. The number of hydrogen-bond donors (Lipinski definition) is 2. The van der Waals surface area contributed by atoms with E-state index in [1.54, 1.807) is 0 Å². The minimum atomic E-state index is -0.0515. The van der Waals surface area contributed by atoms with Gasteiger partial charge in [-0.1, -0.05) is 71.1 Å². The Balaban J connectivity index is 3.01. The van der Waals surface area contributed by atoms with Crippen LogP contribution in [0.4, 0.5) is 0 Å². The fraction of sp³-hybridized carbons (Fsp3) is 0.938. The molecule has 0 unspecified atom stereocenters. The number of unbranched alkanes of at least 4 members (excludes halogenated alkanes) is 10. The third-order valence-electron chi connectivity index (χ3n) is 3.44. The van der Waals surface area contributed by atoms with Crippen LogP contribution in [-0.4, -0.2) is 24.2 Å². The zero-order chi connectivity index (χ0) is 14.2. The molecule has 0 aliphatic rings. The Labute approximate surface area is 119 Å². The molecular formula is C16H33NO2. The number of amides is 1. The summed E-state index contributed by atoms with van der Waals surface area (Å²) in [7, 11) is 0. The number of rotatable bonds is 14. The van der Waals surface area contributed by atoms with Gasteiger partial charge in [0.1, 0.15) is 0 Å². The van der Waals surface area contributed by atoms with Gasteiger partial charge in [0.05, 0.1) is 6.61 Å². The number of aliphatic hydroxyl groups excluding tert-OH is 1. The Morgan fingerprint density at radius 2 is 1.32 bits per heavy atom. The van der Waals surface area contributed by atoms with Crippen LogP contribution < -0.4 is 5.32 Å². The molecular weight excluding hydrogens is 238 g/mol. The normalized spacial score (nSPS) is 10.6. The van der Waals surface area contributed by atoms with Crippen molar-refractivity contribution in [1.29, 1.82) is 0 Å². The molecule has 0 radical (unpaired) electrons. The van der Waals surface area contributed by atoms with E-state index in [0.29, 0.717) is 0 Å². The van der Waals surface area contributed by atoms with E-state index in [-0.39, 0.29) is 18.9 Å². The molecule has 0 rings (SSSR count). The molecule has 3 nitrogen and oxygen atoms in total. The molecule has 0 atom stereocenters. The van der Waals surface area contributed by atoms with Crippen LogP contribution in [0.15, 0.2) is 0 Å². The Bertz CT molecular complexity index is 195. The van der Waals surface area contributed by atoms with Crippen LogP contribution in [0.5, 0.6) is 0 Å². The Morgan fingerprint density at radius 1 is 0.842 bits per heavy atom. The van der Waals surface area contributed by atoms with Crippen molar-refractivity contribution in [3.05, 3.63) is 0 Å². The molecule has 114 valence electrons. The molecule has 0 bridgehead atoms. The molecule has 19 heavy (non-hydrogen) atoms. The first-order valence-electron chi connectivity index (χ1n) is 8.18. The topological polar surface area (TPSA) is 49.3 Å². The van der Waals surface area contributed by atoms with Crippen molar-refractivity contribution < 1.29 is 9.90 Å². The molecule has 0 aromatic rings. The quantitative estimate of drug-likeness (QED) is 0.472. The van der Waals surface area contributed by atoms with Gasteiger partial charge in [0.15, 0.2) is 0 Å². The summed E-state index contributed by atoms with van der Waals surface area (Å²) in [4.78, 5) is 11.1. The van der Waals surface area contributed by atoms with Gasteiger partial charge in [0.2, 0.25) is 5.91 Å². The maximum Gasteiger partial charge on any atom is 0.222 e. The molecule has 0 heterocycles. The molecule has 1 amide bonds. The van der Waals surface area contributed by atoms with Crippen LogP contribution in [0.25, 0.3) is 0 Å². The summed E-state index contributed by atoms with van der Waals surface area (Å²) in [6.45, 7) is 2.96. The summed E-state index contributed by atoms with van der Waals surface area (Å²) < 4.78 is 0. The first kappa shape index (κ1) is 18.4. The summed E-state index contributed by atoms with van der Waals surface area (Å²) in [5.41, 5.74) is 0. The monoisotopic (exact) mass is 271 g/mol. The molecule has 0 fully saturated rings. The number of hydrogen-bond acceptors (Lipinski definition) is 2. The first-order chi connectivity index (χ1) is 9.31. The van der Waals surface area contributed by atoms with Crippen LogP contribution in [0.3, 0.4) is 0 Å². The van der Waals surface area contributed by atoms with Crippen molar-refractivity contribution in [2.75, 3.05) is 13.2 Å². The molecule has 0 spiro atoms. The number of carbonyl (C=O) groups is 1. The van der Waals surface area contributed by atoms with Crippen molar-refractivity contribution in [3.8, 4) is 0 Å². The Kier molecular flexibility index (Phi) is 15.0. The standard InChI is InChI=1S/C16H33NO2/c1-2-3-4-5-6-7-8-9-10-11-12-14-17-16(19)13-15-18/h18H,2-15H2,1H3,(H,17,19). The van der Waals surface area contributed by atoms with Crippen molar-refractivity contribution >= 4 is 5.91 Å². The lowest BCUT2D eigenvalue weighted by atomic mass is 10.1. The van der Waals surface area contributed by atoms with Gasteiger partial charge in [-0.15, -0.1) is 0 Å². The van der Waals surface area contributed by atoms with E-state index in [0.717, 1.165) is 13.0 Å². The van der Waals surface area contributed by atoms with Gasteiger partial charge in [-0.2, -0.15) is 0 Å². The predicted octanol–water partition coefficient (Wildman–Crippen LogP) is 3.80. The van der Waals surface area contributed by atoms with Crippen molar-refractivity contribution in [3.63, 3.8) is 0 Å². The Morgan fingerprint density at radius 3 is 1.79 bits per heavy atom. The minimum Gasteiger partial charge on any atom is -0.396 e. The molecule has 3 heteroatoms. The zero-order valence-corrected chi connectivity index (χ0v) is 12.8. The highest BCUT2D eigenvalue weighted by atomic mass is 16.3. The highest BCUT2D eigenvalue weighted by molar-refractivity contribution is 5.75. The smallest absolute Gasteiger partial charge is 0.222 e. The van der Waals surface area contributed by atoms with E-state index in [4.69, 9.17) is 5.11 Å². The SMILES string of the molecule is CCCCCCCCCCCCCNC(=O)CCO. The molecule has 2 N–H and O–H groups in total. The van der Waals surface area contributed by atoms with Gasteiger partial charge in [-0.05, 0) is 6.42 Å². The second kappa shape index (κ2) is 15.5. The van der Waals surface area contributed by atoms with Gasteiger partial charge < -0.3 is 10.4 Å². The second-order valence-electron chi connectivity index (χ2n) is 5.36. The van der Waals surface area contributed by atoms with Gasteiger partial charge in [0, 0.05) is 13.0 Å². The second-order valence-corrected chi connectivity index (χ2v) is 5.36. The van der Waals surface area contributed by atoms with Crippen LogP contribution >= 0.6 is 0 Å². The van der Waals surface area contributed by atoms with Gasteiger partial charge >= 0.3 is 0 Å². The summed E-state index contributed by atoms with van der Waals surface area (Å²) in [6.07, 6.45) is 14.8. The van der Waals surface area contributed by atoms with Crippen LogP contribution in [0.1, 0.15) is 84.0 Å².